The quantitative estimate of drug-likeness (QED) is 0.365. The van der Waals surface area contributed by atoms with Crippen LogP contribution in [0.5, 0.6) is 17.4 Å². The third-order valence-corrected chi connectivity index (χ3v) is 3.41. The maximum atomic E-state index is 12.6. The molecule has 1 aromatic heterocycles. The van der Waals surface area contributed by atoms with Crippen molar-refractivity contribution in [3.05, 3.63) is 47.1 Å². The fourth-order valence-electron chi connectivity index (χ4n) is 1.82. The van der Waals surface area contributed by atoms with Gasteiger partial charge in [-0.05, 0) is 51.1 Å². The van der Waals surface area contributed by atoms with Gasteiger partial charge in [-0.3, -0.25) is 0 Å². The van der Waals surface area contributed by atoms with Gasteiger partial charge in [0.15, 0.2) is 6.10 Å². The minimum atomic E-state index is -4.55. The van der Waals surface area contributed by atoms with E-state index in [1.807, 2.05) is 0 Å². The highest BCUT2D eigenvalue weighted by Crippen LogP contribution is 2.34. The molecule has 1 atom stereocenters. The first-order valence-corrected chi connectivity index (χ1v) is 8.33. The van der Waals surface area contributed by atoms with Crippen molar-refractivity contribution in [2.75, 3.05) is 0 Å². The summed E-state index contributed by atoms with van der Waals surface area (Å²) in [7, 11) is 0. The number of oxime groups is 1. The topological polar surface area (TPSA) is 70.0 Å². The highest BCUT2D eigenvalue weighted by molar-refractivity contribution is 6.31. The molecule has 0 fully saturated rings. The van der Waals surface area contributed by atoms with Crippen LogP contribution in [0.2, 0.25) is 5.02 Å². The first kappa shape index (κ1) is 21.5. The van der Waals surface area contributed by atoms with Crippen LogP contribution < -0.4 is 9.47 Å². The number of hydrogen-bond acceptors (Lipinski definition) is 6. The van der Waals surface area contributed by atoms with Crippen molar-refractivity contribution in [3.63, 3.8) is 0 Å². The number of benzene rings is 1. The Hall–Kier alpha value is -2.81. The molecule has 0 aliphatic rings. The first-order chi connectivity index (χ1) is 13.1. The molecule has 0 amide bonds. The Labute approximate surface area is 163 Å². The third kappa shape index (κ3) is 6.12. The fraction of sp³-hybridized carbons (Fsp3) is 0.278. The summed E-state index contributed by atoms with van der Waals surface area (Å²) in [5.41, 5.74) is -0.394. The molecule has 0 spiro atoms. The second-order valence-corrected chi connectivity index (χ2v) is 6.20. The van der Waals surface area contributed by atoms with Crippen molar-refractivity contribution in [1.82, 2.24) is 4.98 Å². The number of pyridine rings is 1. The smallest absolute Gasteiger partial charge is 0.417 e. The number of alkyl halides is 3. The number of ether oxygens (including phenoxy) is 2. The summed E-state index contributed by atoms with van der Waals surface area (Å²) in [6.07, 6.45) is -4.82. The number of hydrogen-bond donors (Lipinski definition) is 0. The van der Waals surface area contributed by atoms with Gasteiger partial charge in [-0.1, -0.05) is 16.8 Å². The summed E-state index contributed by atoms with van der Waals surface area (Å²) in [6.45, 7) is 4.85. The van der Waals surface area contributed by atoms with E-state index in [9.17, 15) is 18.0 Å². The normalized spacial score (nSPS) is 12.1. The molecule has 0 radical (unpaired) electrons. The Balaban J connectivity index is 2.01. The van der Waals surface area contributed by atoms with Crippen LogP contribution in [0.1, 0.15) is 26.3 Å². The molecule has 150 valence electrons. The lowest BCUT2D eigenvalue weighted by atomic mass is 10.3. The predicted octanol–water partition coefficient (Wildman–Crippen LogP) is 5.25. The van der Waals surface area contributed by atoms with Crippen molar-refractivity contribution >= 4 is 23.3 Å². The highest BCUT2D eigenvalue weighted by Gasteiger charge is 2.31. The zero-order chi connectivity index (χ0) is 20.9. The molecule has 0 unspecified atom stereocenters. The number of halogens is 4. The van der Waals surface area contributed by atoms with E-state index in [0.717, 1.165) is 6.07 Å². The average molecular weight is 417 g/mol. The van der Waals surface area contributed by atoms with Gasteiger partial charge in [-0.25, -0.2) is 9.78 Å². The monoisotopic (exact) mass is 416 g/mol. The van der Waals surface area contributed by atoms with Gasteiger partial charge in [-0.15, -0.1) is 0 Å². The van der Waals surface area contributed by atoms with E-state index in [2.05, 4.69) is 15.0 Å². The van der Waals surface area contributed by atoms with E-state index in [1.165, 1.54) is 31.2 Å². The SMILES string of the molecule is CC(C)=NOC(=O)[C@@H](C)Oc1ccc(Oc2ncc(C(F)(F)F)cc2Cl)cc1. The Kier molecular flexibility index (Phi) is 6.85. The zero-order valence-electron chi connectivity index (χ0n) is 15.1. The van der Waals surface area contributed by atoms with Gasteiger partial charge in [0, 0.05) is 6.20 Å². The number of nitrogens with zero attached hydrogens (tertiary/aromatic N) is 2. The minimum Gasteiger partial charge on any atom is -0.479 e. The Morgan fingerprint density at radius 2 is 1.79 bits per heavy atom. The largest absolute Gasteiger partial charge is 0.479 e. The molecule has 0 saturated carbocycles. The van der Waals surface area contributed by atoms with Gasteiger partial charge in [0.25, 0.3) is 0 Å². The van der Waals surface area contributed by atoms with Crippen LogP contribution in [0, 0.1) is 0 Å². The molecule has 0 aliphatic heterocycles. The lowest BCUT2D eigenvalue weighted by Gasteiger charge is -2.13. The molecule has 0 aliphatic carbocycles. The summed E-state index contributed by atoms with van der Waals surface area (Å²) in [4.78, 5) is 20.0. The summed E-state index contributed by atoms with van der Waals surface area (Å²) in [5.74, 6) is -0.223. The van der Waals surface area contributed by atoms with Crippen LogP contribution in [0.3, 0.4) is 0 Å². The van der Waals surface area contributed by atoms with E-state index in [4.69, 9.17) is 21.1 Å². The minimum absolute atomic E-state index is 0.173. The molecule has 2 aromatic rings. The van der Waals surface area contributed by atoms with E-state index in [0.29, 0.717) is 17.7 Å². The van der Waals surface area contributed by atoms with Crippen LogP contribution in [-0.2, 0) is 15.8 Å². The Bertz CT molecular complexity index is 866. The molecular formula is C18H16ClF3N2O4. The van der Waals surface area contributed by atoms with Crippen LogP contribution in [0.4, 0.5) is 13.2 Å². The lowest BCUT2D eigenvalue weighted by Crippen LogP contribution is -2.24. The maximum Gasteiger partial charge on any atom is 0.417 e. The van der Waals surface area contributed by atoms with Crippen molar-refractivity contribution in [1.29, 1.82) is 0 Å². The van der Waals surface area contributed by atoms with Gasteiger partial charge < -0.3 is 14.3 Å². The van der Waals surface area contributed by atoms with E-state index in [1.54, 1.807) is 13.8 Å². The summed E-state index contributed by atoms with van der Waals surface area (Å²) in [5, 5.41) is 3.28. The first-order valence-electron chi connectivity index (χ1n) is 7.95. The lowest BCUT2D eigenvalue weighted by molar-refractivity contribution is -0.151. The molecule has 1 aromatic carbocycles. The fourth-order valence-corrected chi connectivity index (χ4v) is 2.02. The average Bonchev–Trinajstić information content (AvgIpc) is 2.62. The van der Waals surface area contributed by atoms with Gasteiger partial charge in [-0.2, -0.15) is 13.2 Å². The van der Waals surface area contributed by atoms with Crippen molar-refractivity contribution in [3.8, 4) is 17.4 Å². The van der Waals surface area contributed by atoms with Crippen LogP contribution in [0.25, 0.3) is 0 Å². The van der Waals surface area contributed by atoms with Crippen molar-refractivity contribution < 1.29 is 32.3 Å². The van der Waals surface area contributed by atoms with Crippen molar-refractivity contribution in [2.45, 2.75) is 33.1 Å². The van der Waals surface area contributed by atoms with Gasteiger partial charge in [0.2, 0.25) is 5.88 Å². The van der Waals surface area contributed by atoms with Crippen LogP contribution in [-0.4, -0.2) is 22.8 Å². The Morgan fingerprint density at radius 1 is 1.18 bits per heavy atom. The molecule has 6 nitrogen and oxygen atoms in total. The standard InChI is InChI=1S/C18H16ClF3N2O4/c1-10(2)24-28-17(25)11(3)26-13-4-6-14(7-5-13)27-16-15(19)8-12(9-23-16)18(20,21)22/h4-9,11H,1-3H3/t11-/m1/s1. The molecular weight excluding hydrogens is 401 g/mol. The highest BCUT2D eigenvalue weighted by atomic mass is 35.5. The third-order valence-electron chi connectivity index (χ3n) is 3.14. The maximum absolute atomic E-state index is 12.6. The van der Waals surface area contributed by atoms with Gasteiger partial charge in [0.05, 0.1) is 11.3 Å². The van der Waals surface area contributed by atoms with E-state index < -0.39 is 23.8 Å². The van der Waals surface area contributed by atoms with Crippen molar-refractivity contribution in [2.24, 2.45) is 5.16 Å². The molecule has 0 bridgehead atoms. The summed E-state index contributed by atoms with van der Waals surface area (Å²) in [6, 6.07) is 6.71. The predicted molar refractivity (Wildman–Crippen MR) is 95.7 cm³/mol. The number of carbonyl (C=O) groups is 1. The molecule has 28 heavy (non-hydrogen) atoms. The number of aromatic nitrogens is 1. The summed E-state index contributed by atoms with van der Waals surface area (Å²) < 4.78 is 48.7. The summed E-state index contributed by atoms with van der Waals surface area (Å²) >= 11 is 5.80. The van der Waals surface area contributed by atoms with E-state index in [-0.39, 0.29) is 16.7 Å². The van der Waals surface area contributed by atoms with Gasteiger partial charge >= 0.3 is 12.1 Å². The van der Waals surface area contributed by atoms with Crippen LogP contribution >= 0.6 is 11.6 Å². The second kappa shape index (κ2) is 8.92. The molecule has 2 rings (SSSR count). The second-order valence-electron chi connectivity index (χ2n) is 5.79. The molecule has 0 N–H and O–H groups in total. The number of rotatable bonds is 6. The molecule has 10 heteroatoms. The van der Waals surface area contributed by atoms with Crippen LogP contribution in [0.15, 0.2) is 41.7 Å². The van der Waals surface area contributed by atoms with Gasteiger partial charge in [0.1, 0.15) is 16.5 Å². The number of carbonyl (C=O) groups excluding carboxylic acids is 1. The Morgan fingerprint density at radius 3 is 2.32 bits per heavy atom. The zero-order valence-corrected chi connectivity index (χ0v) is 15.8. The molecule has 1 heterocycles. The van der Waals surface area contributed by atoms with E-state index >= 15 is 0 Å². The molecule has 0 saturated heterocycles.